The van der Waals surface area contributed by atoms with Crippen LogP contribution in [0.15, 0.2) is 223 Å². The summed E-state index contributed by atoms with van der Waals surface area (Å²) < 4.78 is 30.9. The molecule has 0 radical (unpaired) electrons. The molecule has 0 atom stereocenters. The molecule has 9 aromatic carbocycles. The predicted molar refractivity (Wildman–Crippen MR) is 283 cm³/mol. The van der Waals surface area contributed by atoms with E-state index in [-0.39, 0.29) is 10.5 Å². The summed E-state index contributed by atoms with van der Waals surface area (Å²) in [5, 5.41) is 3.02. The van der Waals surface area contributed by atoms with E-state index in [1.807, 2.05) is 36.4 Å². The number of rotatable bonds is 13. The maximum atomic E-state index is 14.1. The lowest BCUT2D eigenvalue weighted by Crippen LogP contribution is -2.31. The van der Waals surface area contributed by atoms with E-state index >= 15 is 0 Å². The van der Waals surface area contributed by atoms with Gasteiger partial charge in [0, 0.05) is 16.9 Å². The van der Waals surface area contributed by atoms with E-state index in [1.54, 1.807) is 12.1 Å². The van der Waals surface area contributed by atoms with Crippen LogP contribution in [0.5, 0.6) is 0 Å². The first-order valence-corrected chi connectivity index (χ1v) is 24.8. The summed E-state index contributed by atoms with van der Waals surface area (Å²) in [6.07, 6.45) is 0. The highest BCUT2D eigenvalue weighted by molar-refractivity contribution is 7.92. The van der Waals surface area contributed by atoms with E-state index in [4.69, 9.17) is 0 Å². The molecule has 9 aromatic rings. The monoisotopic (exact) mass is 920 g/mol. The number of hydrogen-bond acceptors (Lipinski definition) is 3. The molecular weight excluding hydrogens is 865 g/mol. The summed E-state index contributed by atoms with van der Waals surface area (Å²) in [4.78, 5) is 13.9. The predicted octanol–water partition coefficient (Wildman–Crippen LogP) is 14.4. The molecule has 0 spiro atoms. The number of aryl methyl sites for hydroxylation is 6. The fourth-order valence-corrected chi connectivity index (χ4v) is 10.7. The van der Waals surface area contributed by atoms with Gasteiger partial charge in [0.05, 0.1) is 15.7 Å². The fraction of sp³-hybridized carbons (Fsp3) is 0.127. The van der Waals surface area contributed by atoms with Gasteiger partial charge < -0.3 is 5.32 Å². The van der Waals surface area contributed by atoms with Crippen molar-refractivity contribution in [2.24, 2.45) is 0 Å². The van der Waals surface area contributed by atoms with Crippen molar-refractivity contribution in [1.82, 2.24) is 0 Å². The molecule has 0 heterocycles. The molecule has 0 bridgehead atoms. The Hall–Kier alpha value is -7.80. The lowest BCUT2D eigenvalue weighted by atomic mass is 9.65. The number of nitrogens with one attached hydrogen (secondary N) is 2. The third-order valence-corrected chi connectivity index (χ3v) is 14.8. The van der Waals surface area contributed by atoms with E-state index < -0.39 is 26.8 Å². The first-order chi connectivity index (χ1) is 33.2. The highest BCUT2D eigenvalue weighted by Gasteiger charge is 2.40. The number of sulfonamides is 1. The average molecular weight is 921 g/mol. The topological polar surface area (TPSA) is 75.3 Å². The number of hydrogen-bond donors (Lipinski definition) is 2. The standard InChI is InChI=1S/C63H56N2O3S/c1-43-10-22-50(23-11-43)62(51-24-12-44(2)13-25-51,52-26-14-45(3)15-27-52)56-34-38-58(39-35-56)64-61(66)49-8-7-9-60(42-49)69(67,68)65-59-40-36-57(37-41-59)63(53-28-16-46(4)17-29-53,54-30-18-47(5)19-31-54)55-32-20-48(6)21-33-55/h7-42,65H,1-6H3,(H,64,66). The molecule has 9 rings (SSSR count). The van der Waals surface area contributed by atoms with E-state index in [0.29, 0.717) is 11.4 Å². The first-order valence-electron chi connectivity index (χ1n) is 23.3. The van der Waals surface area contributed by atoms with Gasteiger partial charge >= 0.3 is 0 Å². The smallest absolute Gasteiger partial charge is 0.261 e. The Balaban J connectivity index is 0.997. The van der Waals surface area contributed by atoms with E-state index in [2.05, 4.69) is 209 Å². The van der Waals surface area contributed by atoms with Gasteiger partial charge in [0.1, 0.15) is 0 Å². The van der Waals surface area contributed by atoms with Crippen LogP contribution in [0.25, 0.3) is 0 Å². The van der Waals surface area contributed by atoms with Gasteiger partial charge in [0.15, 0.2) is 0 Å². The molecule has 0 saturated carbocycles. The van der Waals surface area contributed by atoms with Crippen LogP contribution in [0.1, 0.15) is 88.2 Å². The van der Waals surface area contributed by atoms with Crippen LogP contribution in [0.4, 0.5) is 11.4 Å². The Morgan fingerprint density at radius 1 is 0.348 bits per heavy atom. The first kappa shape index (κ1) is 46.3. The molecule has 5 nitrogen and oxygen atoms in total. The van der Waals surface area contributed by atoms with Crippen molar-refractivity contribution < 1.29 is 13.2 Å². The molecule has 342 valence electrons. The molecule has 0 fully saturated rings. The van der Waals surface area contributed by atoms with Crippen LogP contribution in [-0.4, -0.2) is 14.3 Å². The van der Waals surface area contributed by atoms with Gasteiger partial charge in [-0.15, -0.1) is 0 Å². The summed E-state index contributed by atoms with van der Waals surface area (Å²) in [6.45, 7) is 12.5. The van der Waals surface area contributed by atoms with Gasteiger partial charge in [0.2, 0.25) is 0 Å². The molecule has 2 N–H and O–H groups in total. The third-order valence-electron chi connectivity index (χ3n) is 13.5. The number of amides is 1. The van der Waals surface area contributed by atoms with E-state index in [0.717, 1.165) is 61.2 Å². The van der Waals surface area contributed by atoms with Crippen molar-refractivity contribution >= 4 is 27.3 Å². The van der Waals surface area contributed by atoms with Crippen LogP contribution in [-0.2, 0) is 20.9 Å². The average Bonchev–Trinajstić information content (AvgIpc) is 3.36. The number of carbonyl (C=O) groups excluding carboxylic acids is 1. The molecular formula is C63H56N2O3S. The molecule has 69 heavy (non-hydrogen) atoms. The zero-order chi connectivity index (χ0) is 48.3. The summed E-state index contributed by atoms with van der Waals surface area (Å²) in [5.74, 6) is -0.425. The molecule has 0 saturated heterocycles. The Labute approximate surface area is 407 Å². The van der Waals surface area contributed by atoms with Gasteiger partial charge in [-0.3, -0.25) is 9.52 Å². The molecule has 1 amide bonds. The summed E-state index contributed by atoms with van der Waals surface area (Å²) in [6, 6.07) is 73.7. The highest BCUT2D eigenvalue weighted by Crippen LogP contribution is 2.47. The molecule has 0 aliphatic carbocycles. The number of carbonyl (C=O) groups is 1. The second kappa shape index (κ2) is 19.1. The maximum Gasteiger partial charge on any atom is 0.261 e. The largest absolute Gasteiger partial charge is 0.322 e. The van der Waals surface area contributed by atoms with Gasteiger partial charge in [-0.2, -0.15) is 0 Å². The van der Waals surface area contributed by atoms with E-state index in [1.165, 1.54) is 28.8 Å². The van der Waals surface area contributed by atoms with Crippen molar-refractivity contribution in [1.29, 1.82) is 0 Å². The summed E-state index contributed by atoms with van der Waals surface area (Å²) in [7, 11) is -4.10. The van der Waals surface area contributed by atoms with Gasteiger partial charge in [0.25, 0.3) is 15.9 Å². The van der Waals surface area contributed by atoms with Crippen LogP contribution in [0.2, 0.25) is 0 Å². The highest BCUT2D eigenvalue weighted by atomic mass is 32.2. The fourth-order valence-electron chi connectivity index (χ4n) is 9.64. The lowest BCUT2D eigenvalue weighted by Gasteiger charge is -2.37. The van der Waals surface area contributed by atoms with Gasteiger partial charge in [-0.1, -0.05) is 209 Å². The van der Waals surface area contributed by atoms with Gasteiger partial charge in [-0.25, -0.2) is 8.42 Å². The van der Waals surface area contributed by atoms with E-state index in [9.17, 15) is 13.2 Å². The van der Waals surface area contributed by atoms with Gasteiger partial charge in [-0.05, 0) is 129 Å². The second-order valence-corrected chi connectivity index (χ2v) is 20.1. The quantitative estimate of drug-likeness (QED) is 0.113. The molecule has 6 heteroatoms. The van der Waals surface area contributed by atoms with Crippen molar-refractivity contribution in [2.75, 3.05) is 10.0 Å². The van der Waals surface area contributed by atoms with Crippen molar-refractivity contribution in [2.45, 2.75) is 57.3 Å². The minimum absolute atomic E-state index is 0.0260. The summed E-state index contributed by atoms with van der Waals surface area (Å²) >= 11 is 0. The molecule has 0 aliphatic rings. The SMILES string of the molecule is Cc1ccc(C(c2ccc(C)cc2)(c2ccc(C)cc2)c2ccc(NC(=O)c3cccc(S(=O)(=O)Nc4ccc(C(c5ccc(C)cc5)(c5ccc(C)cc5)c5ccc(C)cc5)cc4)c3)cc2)cc1. The second-order valence-electron chi connectivity index (χ2n) is 18.4. The number of benzene rings is 9. The molecule has 0 aromatic heterocycles. The Morgan fingerprint density at radius 3 is 0.899 bits per heavy atom. The Bertz CT molecular complexity index is 3120. The normalized spacial score (nSPS) is 11.8. The van der Waals surface area contributed by atoms with Crippen LogP contribution in [0, 0.1) is 41.5 Å². The Morgan fingerprint density at radius 2 is 0.609 bits per heavy atom. The Kier molecular flexibility index (Phi) is 12.8. The van der Waals surface area contributed by atoms with Crippen LogP contribution in [0.3, 0.4) is 0 Å². The van der Waals surface area contributed by atoms with Crippen molar-refractivity contribution in [3.05, 3.63) is 302 Å². The zero-order valence-corrected chi connectivity index (χ0v) is 40.7. The van der Waals surface area contributed by atoms with Crippen LogP contribution < -0.4 is 10.0 Å². The third kappa shape index (κ3) is 9.16. The lowest BCUT2D eigenvalue weighted by molar-refractivity contribution is 0.102. The zero-order valence-electron chi connectivity index (χ0n) is 39.9. The molecule has 0 unspecified atom stereocenters. The van der Waals surface area contributed by atoms with Crippen molar-refractivity contribution in [3.8, 4) is 0 Å². The van der Waals surface area contributed by atoms with Crippen molar-refractivity contribution in [3.63, 3.8) is 0 Å². The minimum atomic E-state index is -4.10. The summed E-state index contributed by atoms with van der Waals surface area (Å²) in [5.41, 5.74) is 15.5. The van der Waals surface area contributed by atoms with Crippen LogP contribution >= 0.6 is 0 Å². The minimum Gasteiger partial charge on any atom is -0.322 e. The maximum absolute atomic E-state index is 14.1. The number of anilines is 2. The molecule has 0 aliphatic heterocycles.